The number of furan rings is 2. The van der Waals surface area contributed by atoms with E-state index in [2.05, 4.69) is 6.92 Å². The maximum absolute atomic E-state index is 13.3. The summed E-state index contributed by atoms with van der Waals surface area (Å²) < 4.78 is 16.8. The molecule has 2 unspecified atom stereocenters. The van der Waals surface area contributed by atoms with Crippen molar-refractivity contribution in [1.29, 1.82) is 0 Å². The first-order chi connectivity index (χ1) is 14.6. The van der Waals surface area contributed by atoms with Gasteiger partial charge in [0.25, 0.3) is 5.91 Å². The van der Waals surface area contributed by atoms with Gasteiger partial charge >= 0.3 is 5.63 Å². The normalized spacial score (nSPS) is 17.9. The Balaban J connectivity index is 1.46. The summed E-state index contributed by atoms with van der Waals surface area (Å²) in [7, 11) is 0. The number of hydrogen-bond donors (Lipinski definition) is 0. The third-order valence-electron chi connectivity index (χ3n) is 5.59. The quantitative estimate of drug-likeness (QED) is 0.426. The minimum Gasteiger partial charge on any atom is -0.467 e. The maximum atomic E-state index is 13.3. The molecule has 0 radical (unpaired) electrons. The molecule has 0 saturated heterocycles. The van der Waals surface area contributed by atoms with Crippen LogP contribution in [0.1, 0.15) is 46.9 Å². The fourth-order valence-corrected chi connectivity index (χ4v) is 3.76. The lowest BCUT2D eigenvalue weighted by molar-refractivity contribution is 0.0700. The highest BCUT2D eigenvalue weighted by molar-refractivity contribution is 5.96. The molecule has 5 rings (SSSR count). The molecule has 152 valence electrons. The maximum Gasteiger partial charge on any atom is 0.349 e. The molecule has 6 heteroatoms. The molecule has 0 aliphatic heterocycles. The van der Waals surface area contributed by atoms with Crippen LogP contribution in [0.25, 0.3) is 11.0 Å². The molecule has 3 heterocycles. The predicted molar refractivity (Wildman–Crippen MR) is 110 cm³/mol. The summed E-state index contributed by atoms with van der Waals surface area (Å²) in [6, 6.07) is 16.1. The first kappa shape index (κ1) is 18.5. The lowest BCUT2D eigenvalue weighted by Crippen LogP contribution is -2.33. The van der Waals surface area contributed by atoms with Crippen LogP contribution in [0, 0.1) is 5.92 Å². The molecule has 1 fully saturated rings. The van der Waals surface area contributed by atoms with E-state index in [4.69, 9.17) is 13.3 Å². The van der Waals surface area contributed by atoms with Crippen molar-refractivity contribution in [3.05, 3.63) is 94.1 Å². The van der Waals surface area contributed by atoms with Crippen LogP contribution in [0.2, 0.25) is 0 Å². The number of fused-ring (bicyclic) bond motifs is 1. The summed E-state index contributed by atoms with van der Waals surface area (Å²) >= 11 is 0. The Labute approximate surface area is 172 Å². The number of carbonyl (C=O) groups is 1. The van der Waals surface area contributed by atoms with E-state index in [9.17, 15) is 9.59 Å². The van der Waals surface area contributed by atoms with Crippen LogP contribution in [0.4, 0.5) is 0 Å². The van der Waals surface area contributed by atoms with Gasteiger partial charge in [0.15, 0.2) is 0 Å². The summed E-state index contributed by atoms with van der Waals surface area (Å²) in [6.07, 6.45) is 2.68. The van der Waals surface area contributed by atoms with Crippen LogP contribution in [0.3, 0.4) is 0 Å². The molecule has 6 nitrogen and oxygen atoms in total. The minimum absolute atomic E-state index is 0.0112. The van der Waals surface area contributed by atoms with E-state index in [-0.39, 0.29) is 18.7 Å². The number of nitrogens with zero attached hydrogens (tertiary/aromatic N) is 1. The number of amides is 1. The summed E-state index contributed by atoms with van der Waals surface area (Å²) in [5, 5.41) is 0.696. The third kappa shape index (κ3) is 3.56. The smallest absolute Gasteiger partial charge is 0.349 e. The van der Waals surface area contributed by atoms with Gasteiger partial charge in [0.1, 0.15) is 28.4 Å². The van der Waals surface area contributed by atoms with Crippen LogP contribution in [0.5, 0.6) is 0 Å². The molecular weight excluding hydrogens is 382 g/mol. The fraction of sp³-hybridized carbons (Fsp3) is 0.250. The van der Waals surface area contributed by atoms with E-state index in [1.807, 2.05) is 24.3 Å². The van der Waals surface area contributed by atoms with Gasteiger partial charge in [-0.25, -0.2) is 4.79 Å². The zero-order valence-corrected chi connectivity index (χ0v) is 16.5. The zero-order chi connectivity index (χ0) is 20.7. The van der Waals surface area contributed by atoms with Gasteiger partial charge in [-0.05, 0) is 48.7 Å². The molecule has 1 aliphatic rings. The lowest BCUT2D eigenvalue weighted by atomic mass is 10.1. The van der Waals surface area contributed by atoms with Crippen molar-refractivity contribution in [2.24, 2.45) is 5.92 Å². The average Bonchev–Trinajstić information content (AvgIpc) is 3.13. The molecule has 4 aromatic rings. The van der Waals surface area contributed by atoms with Gasteiger partial charge in [0, 0.05) is 11.3 Å². The highest BCUT2D eigenvalue weighted by Gasteiger charge is 2.36. The SMILES string of the molecule is CC1CC1c1ccc(CN(Cc2ccco2)C(=O)c2cc3ccccc3oc2=O)o1. The summed E-state index contributed by atoms with van der Waals surface area (Å²) in [4.78, 5) is 27.4. The van der Waals surface area contributed by atoms with Gasteiger partial charge < -0.3 is 18.2 Å². The van der Waals surface area contributed by atoms with E-state index in [1.54, 1.807) is 41.5 Å². The van der Waals surface area contributed by atoms with Crippen molar-refractivity contribution in [3.63, 3.8) is 0 Å². The Bertz CT molecular complexity index is 1250. The monoisotopic (exact) mass is 403 g/mol. The van der Waals surface area contributed by atoms with Crippen LogP contribution in [-0.4, -0.2) is 10.8 Å². The van der Waals surface area contributed by atoms with Gasteiger partial charge in [-0.1, -0.05) is 25.1 Å². The Kier molecular flexibility index (Phi) is 4.54. The summed E-state index contributed by atoms with van der Waals surface area (Å²) in [5.41, 5.74) is -0.219. The first-order valence-electron chi connectivity index (χ1n) is 10.0. The van der Waals surface area contributed by atoms with Crippen LogP contribution in [0.15, 0.2) is 78.9 Å². The lowest BCUT2D eigenvalue weighted by Gasteiger charge is -2.20. The van der Waals surface area contributed by atoms with Crippen molar-refractivity contribution in [2.45, 2.75) is 32.4 Å². The second kappa shape index (κ2) is 7.37. The number of para-hydroxylation sites is 1. The molecule has 0 N–H and O–H groups in total. The van der Waals surface area contributed by atoms with E-state index in [1.165, 1.54) is 0 Å². The molecular formula is C24H21NO5. The van der Waals surface area contributed by atoms with Crippen LogP contribution in [-0.2, 0) is 13.1 Å². The first-order valence-corrected chi connectivity index (χ1v) is 10.0. The van der Waals surface area contributed by atoms with Gasteiger partial charge in [0.2, 0.25) is 0 Å². The number of rotatable bonds is 6. The molecule has 0 spiro atoms. The Morgan fingerprint density at radius 3 is 2.60 bits per heavy atom. The molecule has 30 heavy (non-hydrogen) atoms. The molecule has 0 bridgehead atoms. The van der Waals surface area contributed by atoms with Crippen LogP contribution < -0.4 is 5.63 Å². The van der Waals surface area contributed by atoms with Crippen LogP contribution >= 0.6 is 0 Å². The van der Waals surface area contributed by atoms with E-state index < -0.39 is 11.5 Å². The average molecular weight is 403 g/mol. The van der Waals surface area contributed by atoms with Gasteiger partial charge in [-0.3, -0.25) is 4.79 Å². The topological polar surface area (TPSA) is 76.8 Å². The molecule has 2 atom stereocenters. The second-order valence-corrected chi connectivity index (χ2v) is 7.85. The zero-order valence-electron chi connectivity index (χ0n) is 16.5. The minimum atomic E-state index is -0.657. The molecule has 1 aromatic carbocycles. The Hall–Kier alpha value is -3.54. The summed E-state index contributed by atoms with van der Waals surface area (Å²) in [5.74, 6) is 2.91. The van der Waals surface area contributed by atoms with E-state index in [0.29, 0.717) is 34.3 Å². The standard InChI is InChI=1S/C24H21NO5/c1-15-11-19(15)22-9-8-18(29-22)14-25(13-17-6-4-10-28-17)23(26)20-12-16-5-2-3-7-21(16)30-24(20)27/h2-10,12,15,19H,11,13-14H2,1H3. The van der Waals surface area contributed by atoms with E-state index in [0.717, 1.165) is 12.2 Å². The van der Waals surface area contributed by atoms with Gasteiger partial charge in [-0.2, -0.15) is 0 Å². The van der Waals surface area contributed by atoms with Crippen molar-refractivity contribution in [2.75, 3.05) is 0 Å². The van der Waals surface area contributed by atoms with E-state index >= 15 is 0 Å². The molecule has 1 saturated carbocycles. The number of hydrogen-bond acceptors (Lipinski definition) is 5. The predicted octanol–water partition coefficient (Wildman–Crippen LogP) is 4.95. The third-order valence-corrected chi connectivity index (χ3v) is 5.59. The van der Waals surface area contributed by atoms with Gasteiger partial charge in [0.05, 0.1) is 19.4 Å². The highest BCUT2D eigenvalue weighted by atomic mass is 16.4. The van der Waals surface area contributed by atoms with Gasteiger partial charge in [-0.15, -0.1) is 0 Å². The van der Waals surface area contributed by atoms with Crippen molar-refractivity contribution >= 4 is 16.9 Å². The molecule has 3 aromatic heterocycles. The Morgan fingerprint density at radius 1 is 1.03 bits per heavy atom. The molecule has 1 amide bonds. The van der Waals surface area contributed by atoms with Crippen molar-refractivity contribution in [3.8, 4) is 0 Å². The van der Waals surface area contributed by atoms with Crippen molar-refractivity contribution in [1.82, 2.24) is 4.90 Å². The summed E-state index contributed by atoms with van der Waals surface area (Å²) in [6.45, 7) is 2.64. The Morgan fingerprint density at radius 2 is 1.83 bits per heavy atom. The number of carbonyl (C=O) groups excluding carboxylic acids is 1. The molecule has 1 aliphatic carbocycles. The number of benzene rings is 1. The van der Waals surface area contributed by atoms with Crippen molar-refractivity contribution < 1.29 is 18.0 Å². The highest BCUT2D eigenvalue weighted by Crippen LogP contribution is 2.47. The largest absolute Gasteiger partial charge is 0.467 e. The fourth-order valence-electron chi connectivity index (χ4n) is 3.76. The second-order valence-electron chi connectivity index (χ2n) is 7.85.